The van der Waals surface area contributed by atoms with E-state index in [1.807, 2.05) is 30.3 Å². The molecule has 0 bridgehead atoms. The quantitative estimate of drug-likeness (QED) is 0.435. The minimum atomic E-state index is -0.661. The zero-order valence-corrected chi connectivity index (χ0v) is 15.0. The molecule has 2 aromatic carbocycles. The van der Waals surface area contributed by atoms with Gasteiger partial charge in [0.1, 0.15) is 29.6 Å². The topological polar surface area (TPSA) is 65.5 Å². The zero-order valence-electron chi connectivity index (χ0n) is 15.0. The van der Waals surface area contributed by atoms with Crippen molar-refractivity contribution in [3.63, 3.8) is 0 Å². The van der Waals surface area contributed by atoms with Crippen molar-refractivity contribution in [2.75, 3.05) is 0 Å². The Kier molecular flexibility index (Phi) is 4.76. The number of benzene rings is 2. The van der Waals surface area contributed by atoms with Gasteiger partial charge in [0, 0.05) is 5.56 Å². The number of esters is 1. The molecule has 0 N–H and O–H groups in total. The standard InChI is InChI=1S/C22H16FNO4/c1-14-18(24-21(27-14)15-7-3-2-4-8-15)13-26-22(25)20-12-11-19(28-20)16-9-5-6-10-17(16)23/h2-12H,13H2,1H3. The molecule has 5 nitrogen and oxygen atoms in total. The number of furan rings is 1. The van der Waals surface area contributed by atoms with Crippen molar-refractivity contribution in [2.24, 2.45) is 0 Å². The van der Waals surface area contributed by atoms with E-state index in [1.165, 1.54) is 18.2 Å². The van der Waals surface area contributed by atoms with Gasteiger partial charge in [0.15, 0.2) is 0 Å². The first kappa shape index (κ1) is 17.7. The van der Waals surface area contributed by atoms with Crippen molar-refractivity contribution < 1.29 is 22.8 Å². The number of carbonyl (C=O) groups is 1. The number of ether oxygens (including phenoxy) is 1. The van der Waals surface area contributed by atoms with Gasteiger partial charge in [-0.25, -0.2) is 14.2 Å². The second-order valence-electron chi connectivity index (χ2n) is 6.11. The van der Waals surface area contributed by atoms with E-state index in [2.05, 4.69) is 4.98 Å². The van der Waals surface area contributed by atoms with Crippen molar-refractivity contribution >= 4 is 5.97 Å². The Morgan fingerprint density at radius 1 is 1.00 bits per heavy atom. The van der Waals surface area contributed by atoms with Crippen LogP contribution in [0.4, 0.5) is 4.39 Å². The summed E-state index contributed by atoms with van der Waals surface area (Å²) < 4.78 is 30.2. The highest BCUT2D eigenvalue weighted by molar-refractivity contribution is 5.87. The molecule has 6 heteroatoms. The third-order valence-electron chi connectivity index (χ3n) is 4.20. The zero-order chi connectivity index (χ0) is 19.5. The summed E-state index contributed by atoms with van der Waals surface area (Å²) in [5, 5.41) is 0. The van der Waals surface area contributed by atoms with Gasteiger partial charge >= 0.3 is 5.97 Å². The van der Waals surface area contributed by atoms with Crippen LogP contribution in [-0.4, -0.2) is 11.0 Å². The number of aromatic nitrogens is 1. The molecule has 4 rings (SSSR count). The van der Waals surface area contributed by atoms with Crippen molar-refractivity contribution in [3.8, 4) is 22.8 Å². The summed E-state index contributed by atoms with van der Waals surface area (Å²) in [6.07, 6.45) is 0. The van der Waals surface area contributed by atoms with Crippen LogP contribution < -0.4 is 0 Å². The molecule has 140 valence electrons. The Hall–Kier alpha value is -3.67. The lowest BCUT2D eigenvalue weighted by molar-refractivity contribution is 0.0431. The van der Waals surface area contributed by atoms with Gasteiger partial charge in [-0.3, -0.25) is 0 Å². The third-order valence-corrected chi connectivity index (χ3v) is 4.20. The van der Waals surface area contributed by atoms with Gasteiger partial charge in [0.05, 0.1) is 5.56 Å². The lowest BCUT2D eigenvalue weighted by Gasteiger charge is -2.01. The van der Waals surface area contributed by atoms with E-state index in [1.54, 1.807) is 25.1 Å². The highest BCUT2D eigenvalue weighted by atomic mass is 19.1. The van der Waals surface area contributed by atoms with Crippen LogP contribution in [0, 0.1) is 12.7 Å². The monoisotopic (exact) mass is 377 g/mol. The molecule has 0 amide bonds. The van der Waals surface area contributed by atoms with Crippen molar-refractivity contribution in [1.29, 1.82) is 0 Å². The van der Waals surface area contributed by atoms with E-state index in [4.69, 9.17) is 13.6 Å². The van der Waals surface area contributed by atoms with Crippen molar-refractivity contribution in [2.45, 2.75) is 13.5 Å². The fourth-order valence-corrected chi connectivity index (χ4v) is 2.72. The summed E-state index contributed by atoms with van der Waals surface area (Å²) in [4.78, 5) is 16.7. The van der Waals surface area contributed by atoms with E-state index in [0.717, 1.165) is 5.56 Å². The number of rotatable bonds is 5. The Bertz CT molecular complexity index is 1110. The number of aryl methyl sites for hydroxylation is 1. The highest BCUT2D eigenvalue weighted by Crippen LogP contribution is 2.26. The molecular weight excluding hydrogens is 361 g/mol. The Morgan fingerprint density at radius 2 is 1.75 bits per heavy atom. The average molecular weight is 377 g/mol. The Labute approximate surface area is 160 Å². The Morgan fingerprint density at radius 3 is 2.54 bits per heavy atom. The average Bonchev–Trinajstić information content (AvgIpc) is 3.34. The van der Waals surface area contributed by atoms with Gasteiger partial charge in [-0.2, -0.15) is 0 Å². The van der Waals surface area contributed by atoms with E-state index in [9.17, 15) is 9.18 Å². The van der Waals surface area contributed by atoms with E-state index in [-0.39, 0.29) is 23.7 Å². The number of carbonyl (C=O) groups excluding carboxylic acids is 1. The summed E-state index contributed by atoms with van der Waals surface area (Å²) in [5.74, 6) is 0.188. The summed E-state index contributed by atoms with van der Waals surface area (Å²) in [6.45, 7) is 1.70. The fourth-order valence-electron chi connectivity index (χ4n) is 2.72. The van der Waals surface area contributed by atoms with Crippen molar-refractivity contribution in [1.82, 2.24) is 4.98 Å². The molecule has 0 aliphatic rings. The largest absolute Gasteiger partial charge is 0.453 e. The van der Waals surface area contributed by atoms with Crippen LogP contribution in [0.1, 0.15) is 22.0 Å². The van der Waals surface area contributed by atoms with Crippen LogP contribution in [0.5, 0.6) is 0 Å². The molecule has 0 atom stereocenters. The molecule has 2 heterocycles. The molecular formula is C22H16FNO4. The van der Waals surface area contributed by atoms with Crippen molar-refractivity contribution in [3.05, 3.63) is 89.8 Å². The SMILES string of the molecule is Cc1oc(-c2ccccc2)nc1COC(=O)c1ccc(-c2ccccc2F)o1. The summed E-state index contributed by atoms with van der Waals surface area (Å²) in [6, 6.07) is 18.6. The van der Waals surface area contributed by atoms with Gasteiger partial charge in [-0.05, 0) is 43.3 Å². The number of halogens is 1. The summed E-state index contributed by atoms with van der Waals surface area (Å²) in [7, 11) is 0. The van der Waals surface area contributed by atoms with Gasteiger partial charge in [-0.1, -0.05) is 30.3 Å². The van der Waals surface area contributed by atoms with Gasteiger partial charge in [0.2, 0.25) is 11.7 Å². The second kappa shape index (κ2) is 7.52. The molecule has 0 spiro atoms. The number of oxazole rings is 1. The molecule has 4 aromatic rings. The van der Waals surface area contributed by atoms with Gasteiger partial charge in [0.25, 0.3) is 0 Å². The Balaban J connectivity index is 1.46. The van der Waals surface area contributed by atoms with Crippen LogP contribution >= 0.6 is 0 Å². The lowest BCUT2D eigenvalue weighted by atomic mass is 10.1. The number of nitrogens with zero attached hydrogens (tertiary/aromatic N) is 1. The normalized spacial score (nSPS) is 10.8. The van der Waals surface area contributed by atoms with E-state index in [0.29, 0.717) is 17.3 Å². The minimum absolute atomic E-state index is 0.0114. The maximum atomic E-state index is 13.8. The van der Waals surface area contributed by atoms with Crippen LogP contribution in [0.3, 0.4) is 0 Å². The molecule has 0 saturated heterocycles. The third kappa shape index (κ3) is 3.57. The predicted molar refractivity (Wildman–Crippen MR) is 99.9 cm³/mol. The number of hydrogen-bond donors (Lipinski definition) is 0. The smallest absolute Gasteiger partial charge is 0.374 e. The second-order valence-corrected chi connectivity index (χ2v) is 6.11. The van der Waals surface area contributed by atoms with Gasteiger partial charge in [-0.15, -0.1) is 0 Å². The molecule has 0 aliphatic heterocycles. The van der Waals surface area contributed by atoms with Crippen LogP contribution in [0.2, 0.25) is 0 Å². The molecule has 28 heavy (non-hydrogen) atoms. The molecule has 0 saturated carbocycles. The fraction of sp³-hybridized carbons (Fsp3) is 0.0909. The summed E-state index contributed by atoms with van der Waals surface area (Å²) in [5.41, 5.74) is 1.64. The molecule has 2 aromatic heterocycles. The first-order valence-corrected chi connectivity index (χ1v) is 8.65. The maximum Gasteiger partial charge on any atom is 0.374 e. The predicted octanol–water partition coefficient (Wildman–Crippen LogP) is 5.41. The molecule has 0 fully saturated rings. The molecule has 0 aliphatic carbocycles. The van der Waals surface area contributed by atoms with E-state index < -0.39 is 11.8 Å². The molecule has 0 unspecified atom stereocenters. The number of hydrogen-bond acceptors (Lipinski definition) is 5. The minimum Gasteiger partial charge on any atom is -0.453 e. The van der Waals surface area contributed by atoms with Crippen LogP contribution in [0.25, 0.3) is 22.8 Å². The van der Waals surface area contributed by atoms with Crippen LogP contribution in [-0.2, 0) is 11.3 Å². The van der Waals surface area contributed by atoms with Crippen LogP contribution in [0.15, 0.2) is 75.6 Å². The van der Waals surface area contributed by atoms with Gasteiger partial charge < -0.3 is 13.6 Å². The first-order chi connectivity index (χ1) is 13.6. The maximum absolute atomic E-state index is 13.8. The lowest BCUT2D eigenvalue weighted by Crippen LogP contribution is -2.05. The first-order valence-electron chi connectivity index (χ1n) is 8.65. The summed E-state index contributed by atoms with van der Waals surface area (Å²) >= 11 is 0. The highest BCUT2D eigenvalue weighted by Gasteiger charge is 2.18. The molecule has 0 radical (unpaired) electrons. The van der Waals surface area contributed by atoms with E-state index >= 15 is 0 Å².